The molecule has 0 amide bonds. The average Bonchev–Trinajstić information content (AvgIpc) is 3.21. The Morgan fingerprint density at radius 2 is 1.81 bits per heavy atom. The Bertz CT molecular complexity index is 1200. The second-order valence-corrected chi connectivity index (χ2v) is 8.69. The molecule has 2 aromatic carbocycles. The molecule has 3 aromatic rings. The number of hydrogen-bond acceptors (Lipinski definition) is 5. The van der Waals surface area contributed by atoms with Crippen molar-refractivity contribution in [1.82, 2.24) is 4.98 Å². The number of nitro groups is 1. The second kappa shape index (κ2) is 8.57. The van der Waals surface area contributed by atoms with Crippen LogP contribution in [0.3, 0.4) is 0 Å². The van der Waals surface area contributed by atoms with Crippen molar-refractivity contribution in [2.45, 2.75) is 57.3 Å². The summed E-state index contributed by atoms with van der Waals surface area (Å²) in [4.78, 5) is 31.3. The van der Waals surface area contributed by atoms with Crippen LogP contribution in [-0.4, -0.2) is 21.6 Å². The number of nitrogens with one attached hydrogen (secondary N) is 1. The molecule has 0 saturated heterocycles. The second-order valence-electron chi connectivity index (χ2n) is 8.69. The molecule has 164 valence electrons. The number of nitro benzene ring substituents is 1. The van der Waals surface area contributed by atoms with Crippen molar-refractivity contribution in [3.8, 4) is 0 Å². The van der Waals surface area contributed by atoms with Crippen molar-refractivity contribution in [3.63, 3.8) is 0 Å². The van der Waals surface area contributed by atoms with Gasteiger partial charge in [0.25, 0.3) is 5.69 Å². The molecular formula is C25H25N3O4. The Balaban J connectivity index is 1.39. The molecule has 0 atom stereocenters. The molecule has 5 rings (SSSR count). The van der Waals surface area contributed by atoms with Crippen LogP contribution < -0.4 is 0 Å². The van der Waals surface area contributed by atoms with E-state index in [0.29, 0.717) is 5.92 Å². The first kappa shape index (κ1) is 20.4. The molecule has 0 aliphatic heterocycles. The van der Waals surface area contributed by atoms with Crippen molar-refractivity contribution in [3.05, 3.63) is 75.0 Å². The predicted octanol–water partition coefficient (Wildman–Crippen LogP) is 6.02. The first-order valence-electron chi connectivity index (χ1n) is 11.3. The van der Waals surface area contributed by atoms with E-state index in [2.05, 4.69) is 28.3 Å². The number of fused-ring (bicyclic) bond motifs is 3. The van der Waals surface area contributed by atoms with Crippen molar-refractivity contribution >= 4 is 28.3 Å². The number of oxime groups is 1. The van der Waals surface area contributed by atoms with Crippen LogP contribution in [0, 0.1) is 10.1 Å². The summed E-state index contributed by atoms with van der Waals surface area (Å²) in [6.45, 7) is 0. The van der Waals surface area contributed by atoms with Gasteiger partial charge in [0.15, 0.2) is 0 Å². The zero-order valence-electron chi connectivity index (χ0n) is 17.8. The lowest BCUT2D eigenvalue weighted by atomic mass is 9.83. The minimum atomic E-state index is -0.629. The largest absolute Gasteiger partial charge is 0.365 e. The fourth-order valence-electron chi connectivity index (χ4n) is 4.98. The van der Waals surface area contributed by atoms with Gasteiger partial charge in [-0.3, -0.25) is 10.1 Å². The van der Waals surface area contributed by atoms with Gasteiger partial charge in [0.2, 0.25) is 0 Å². The summed E-state index contributed by atoms with van der Waals surface area (Å²) < 4.78 is 0. The van der Waals surface area contributed by atoms with Crippen LogP contribution in [0.15, 0.2) is 47.6 Å². The Hall–Kier alpha value is -3.48. The smallest absolute Gasteiger partial charge is 0.353 e. The van der Waals surface area contributed by atoms with Crippen LogP contribution in [0.25, 0.3) is 10.9 Å². The van der Waals surface area contributed by atoms with E-state index >= 15 is 0 Å². The quantitative estimate of drug-likeness (QED) is 0.310. The van der Waals surface area contributed by atoms with Crippen LogP contribution in [0.2, 0.25) is 0 Å². The number of benzene rings is 2. The Morgan fingerprint density at radius 3 is 2.56 bits per heavy atom. The summed E-state index contributed by atoms with van der Waals surface area (Å²) in [5, 5.41) is 16.2. The summed E-state index contributed by atoms with van der Waals surface area (Å²) in [5.74, 6) is 0.0216. The molecular weight excluding hydrogens is 406 g/mol. The third kappa shape index (κ3) is 3.90. The van der Waals surface area contributed by atoms with E-state index in [9.17, 15) is 14.9 Å². The minimum absolute atomic E-state index is 0.0737. The van der Waals surface area contributed by atoms with Crippen LogP contribution in [0.4, 0.5) is 5.69 Å². The fraction of sp³-hybridized carbons (Fsp3) is 0.360. The molecule has 2 aliphatic rings. The lowest BCUT2D eigenvalue weighted by molar-refractivity contribution is -0.384. The van der Waals surface area contributed by atoms with Crippen LogP contribution in [0.5, 0.6) is 0 Å². The molecule has 0 unspecified atom stereocenters. The standard InChI is InChI=1S/C25H25N3O4/c29-25(17-9-12-19(13-10-17)28(30)31)32-27-23-8-4-7-20-21-15-18(16-5-2-1-3-6-16)11-14-22(21)26-24(20)23/h9-16,26H,1-8H2. The number of rotatable bonds is 4. The molecule has 0 spiro atoms. The summed E-state index contributed by atoms with van der Waals surface area (Å²) in [6, 6.07) is 12.1. The molecule has 2 aliphatic carbocycles. The third-order valence-electron chi connectivity index (χ3n) is 6.69. The third-order valence-corrected chi connectivity index (χ3v) is 6.69. The van der Waals surface area contributed by atoms with Gasteiger partial charge in [0.05, 0.1) is 16.2 Å². The SMILES string of the molecule is O=C(ON=C1CCCc2c1[nH]c1ccc(C3CCCCC3)cc21)c1ccc([N+](=O)[O-])cc1. The molecule has 1 heterocycles. The molecule has 32 heavy (non-hydrogen) atoms. The highest BCUT2D eigenvalue weighted by molar-refractivity contribution is 6.06. The van der Waals surface area contributed by atoms with Crippen LogP contribution in [-0.2, 0) is 11.3 Å². The molecule has 1 saturated carbocycles. The predicted molar refractivity (Wildman–Crippen MR) is 122 cm³/mol. The minimum Gasteiger partial charge on any atom is -0.353 e. The van der Waals surface area contributed by atoms with E-state index in [-0.39, 0.29) is 11.3 Å². The van der Waals surface area contributed by atoms with Gasteiger partial charge >= 0.3 is 5.97 Å². The van der Waals surface area contributed by atoms with E-state index in [1.165, 1.54) is 72.9 Å². The average molecular weight is 431 g/mol. The topological polar surface area (TPSA) is 97.6 Å². The van der Waals surface area contributed by atoms with Gasteiger partial charge in [-0.05, 0) is 73.4 Å². The van der Waals surface area contributed by atoms with Gasteiger partial charge in [-0.25, -0.2) is 4.79 Å². The van der Waals surface area contributed by atoms with Gasteiger partial charge in [-0.2, -0.15) is 0 Å². The Labute approximate surface area is 185 Å². The van der Waals surface area contributed by atoms with Crippen molar-refractivity contribution in [1.29, 1.82) is 0 Å². The fourth-order valence-corrected chi connectivity index (χ4v) is 4.98. The van der Waals surface area contributed by atoms with E-state index < -0.39 is 10.9 Å². The molecule has 7 heteroatoms. The number of carbonyl (C=O) groups excluding carboxylic acids is 1. The summed E-state index contributed by atoms with van der Waals surface area (Å²) in [5.41, 5.74) is 5.59. The van der Waals surface area contributed by atoms with E-state index in [1.807, 2.05) is 0 Å². The first-order chi connectivity index (χ1) is 15.6. The number of non-ortho nitro benzene ring substituents is 1. The van der Waals surface area contributed by atoms with Gasteiger partial charge in [-0.15, -0.1) is 0 Å². The first-order valence-corrected chi connectivity index (χ1v) is 11.3. The number of nitrogens with zero attached hydrogens (tertiary/aromatic N) is 2. The van der Waals surface area contributed by atoms with Gasteiger partial charge in [0, 0.05) is 23.0 Å². The molecule has 0 bridgehead atoms. The number of hydrogen-bond donors (Lipinski definition) is 1. The van der Waals surface area contributed by atoms with Crippen molar-refractivity contribution in [2.24, 2.45) is 5.16 Å². The van der Waals surface area contributed by atoms with E-state index in [4.69, 9.17) is 4.84 Å². The number of aromatic nitrogens is 1. The Morgan fingerprint density at radius 1 is 1.03 bits per heavy atom. The number of aryl methyl sites for hydroxylation is 1. The number of carbonyl (C=O) groups is 1. The highest BCUT2D eigenvalue weighted by atomic mass is 16.7. The molecule has 1 N–H and O–H groups in total. The normalized spacial score (nSPS) is 17.9. The van der Waals surface area contributed by atoms with E-state index in [1.54, 1.807) is 0 Å². The Kier molecular flexibility index (Phi) is 5.47. The van der Waals surface area contributed by atoms with Crippen LogP contribution >= 0.6 is 0 Å². The maximum absolute atomic E-state index is 12.4. The number of aromatic amines is 1. The lowest BCUT2D eigenvalue weighted by Crippen LogP contribution is -2.13. The van der Waals surface area contributed by atoms with Gasteiger partial charge < -0.3 is 9.82 Å². The maximum atomic E-state index is 12.4. The summed E-state index contributed by atoms with van der Waals surface area (Å²) >= 11 is 0. The summed E-state index contributed by atoms with van der Waals surface area (Å²) in [7, 11) is 0. The van der Waals surface area contributed by atoms with Crippen LogP contribution in [0.1, 0.15) is 78.0 Å². The van der Waals surface area contributed by atoms with Crippen molar-refractivity contribution in [2.75, 3.05) is 0 Å². The molecule has 7 nitrogen and oxygen atoms in total. The van der Waals surface area contributed by atoms with E-state index in [0.717, 1.165) is 36.2 Å². The molecule has 0 radical (unpaired) electrons. The highest BCUT2D eigenvalue weighted by Gasteiger charge is 2.23. The highest BCUT2D eigenvalue weighted by Crippen LogP contribution is 2.36. The maximum Gasteiger partial charge on any atom is 0.365 e. The summed E-state index contributed by atoms with van der Waals surface area (Å²) in [6.07, 6.45) is 9.14. The molecule has 1 fully saturated rings. The monoisotopic (exact) mass is 431 g/mol. The zero-order chi connectivity index (χ0) is 22.1. The van der Waals surface area contributed by atoms with Gasteiger partial charge in [-0.1, -0.05) is 30.5 Å². The molecule has 1 aromatic heterocycles. The van der Waals surface area contributed by atoms with Gasteiger partial charge in [0.1, 0.15) is 5.71 Å². The van der Waals surface area contributed by atoms with Crippen molar-refractivity contribution < 1.29 is 14.6 Å². The lowest BCUT2D eigenvalue weighted by Gasteiger charge is -2.22. The number of H-pyrrole nitrogens is 1. The zero-order valence-corrected chi connectivity index (χ0v) is 17.8.